The van der Waals surface area contributed by atoms with Crippen LogP contribution < -0.4 is 0 Å². The summed E-state index contributed by atoms with van der Waals surface area (Å²) in [7, 11) is 0. The Morgan fingerprint density at radius 2 is 1.31 bits per heavy atom. The maximum absolute atomic E-state index is 3.42. The van der Waals surface area contributed by atoms with Crippen LogP contribution in [0.2, 0.25) is 0 Å². The van der Waals surface area contributed by atoms with Crippen molar-refractivity contribution in [2.75, 3.05) is 0 Å². The van der Waals surface area contributed by atoms with Crippen molar-refractivity contribution in [3.05, 3.63) is 56.5 Å². The Hall–Kier alpha value is -1.17. The largest absolute Gasteiger partial charge is 0.0991 e. The zero-order chi connectivity index (χ0) is 12.8. The average Bonchev–Trinajstić information content (AvgIpc) is 2.33. The van der Waals surface area contributed by atoms with Gasteiger partial charge in [-0.3, -0.25) is 0 Å². The molecule has 0 heteroatoms. The van der Waals surface area contributed by atoms with E-state index in [1.807, 2.05) is 13.3 Å². The lowest BCUT2D eigenvalue weighted by atomic mass is 9.86. The van der Waals surface area contributed by atoms with Crippen LogP contribution >= 0.6 is 0 Å². The van der Waals surface area contributed by atoms with Crippen LogP contribution in [0.1, 0.15) is 33.6 Å². The zero-order valence-corrected chi connectivity index (χ0v) is 11.2. The summed E-state index contributed by atoms with van der Waals surface area (Å²) < 4.78 is 0. The van der Waals surface area contributed by atoms with Crippen LogP contribution in [0.15, 0.2) is 50.1 Å². The third-order valence-electron chi connectivity index (χ3n) is 2.56. The molecule has 1 aliphatic carbocycles. The third kappa shape index (κ3) is 12.8. The summed E-state index contributed by atoms with van der Waals surface area (Å²) >= 11 is 0. The fraction of sp³-hybridized carbons (Fsp3) is 0.438. The van der Waals surface area contributed by atoms with Crippen molar-refractivity contribution in [3.63, 3.8) is 0 Å². The summed E-state index contributed by atoms with van der Waals surface area (Å²) in [6, 6.07) is 0. The minimum Gasteiger partial charge on any atom is -0.0991 e. The van der Waals surface area contributed by atoms with Crippen LogP contribution in [0, 0.1) is 18.3 Å². The maximum atomic E-state index is 3.42. The average molecular weight is 219 g/mol. The Balaban J connectivity index is 0. The van der Waals surface area contributed by atoms with Crippen LogP contribution in [0.5, 0.6) is 0 Å². The highest BCUT2D eigenvalue weighted by Gasteiger charge is 2.11. The highest BCUT2D eigenvalue weighted by Crippen LogP contribution is 2.23. The molecule has 0 heterocycles. The molecule has 1 aliphatic rings. The Labute approximate surface area is 102 Å². The standard InChI is InChI=1S/C8H14.C4H7.C4H6/c1-7-5-3-4-6-8(7)2;2*1-3-4-2/h3-4,7-8H,5-6H2,1-2H3;3-4H,1H2,2H3;3-4H,1-2H2/q;+1;/t7-,8-;;/m0../s1. The molecule has 2 atom stereocenters. The first-order valence-corrected chi connectivity index (χ1v) is 5.92. The summed E-state index contributed by atoms with van der Waals surface area (Å²) in [5, 5.41) is 0. The second-order valence-electron chi connectivity index (χ2n) is 3.94. The van der Waals surface area contributed by atoms with Gasteiger partial charge < -0.3 is 0 Å². The van der Waals surface area contributed by atoms with Crippen LogP contribution in [-0.2, 0) is 0 Å². The van der Waals surface area contributed by atoms with Gasteiger partial charge in [0.05, 0.1) is 6.08 Å². The van der Waals surface area contributed by atoms with E-state index in [-0.39, 0.29) is 0 Å². The third-order valence-corrected chi connectivity index (χ3v) is 2.56. The smallest absolute Gasteiger partial charge is 0.0861 e. The molecule has 0 saturated heterocycles. The highest BCUT2D eigenvalue weighted by atomic mass is 14.2. The topological polar surface area (TPSA) is 0 Å². The molecule has 0 N–H and O–H groups in total. The van der Waals surface area contributed by atoms with Crippen molar-refractivity contribution in [2.24, 2.45) is 11.8 Å². The van der Waals surface area contributed by atoms with E-state index in [1.165, 1.54) is 12.8 Å². The van der Waals surface area contributed by atoms with Gasteiger partial charge in [-0.05, 0) is 24.7 Å². The van der Waals surface area contributed by atoms with E-state index < -0.39 is 0 Å². The summed E-state index contributed by atoms with van der Waals surface area (Å²) in [5.74, 6) is 1.83. The lowest BCUT2D eigenvalue weighted by Gasteiger charge is -2.19. The molecule has 0 bridgehead atoms. The molecule has 0 nitrogen and oxygen atoms in total. The van der Waals surface area contributed by atoms with E-state index in [2.05, 4.69) is 45.7 Å². The van der Waals surface area contributed by atoms with E-state index >= 15 is 0 Å². The van der Waals surface area contributed by atoms with Crippen LogP contribution in [0.3, 0.4) is 0 Å². The van der Waals surface area contributed by atoms with Gasteiger partial charge in [0, 0.05) is 19.9 Å². The van der Waals surface area contributed by atoms with Gasteiger partial charge in [0.15, 0.2) is 0 Å². The Morgan fingerprint density at radius 1 is 1.00 bits per heavy atom. The summed E-state index contributed by atoms with van der Waals surface area (Å²) in [4.78, 5) is 0. The number of rotatable bonds is 2. The van der Waals surface area contributed by atoms with Crippen molar-refractivity contribution in [1.29, 1.82) is 0 Å². The molecular weight excluding hydrogens is 192 g/mol. The normalized spacial score (nSPS) is 21.4. The van der Waals surface area contributed by atoms with Crippen molar-refractivity contribution in [2.45, 2.75) is 33.6 Å². The van der Waals surface area contributed by atoms with E-state index in [0.717, 1.165) is 11.8 Å². The molecule has 0 saturated carbocycles. The Morgan fingerprint density at radius 3 is 1.44 bits per heavy atom. The molecule has 0 aliphatic heterocycles. The Bertz CT molecular complexity index is 180. The molecule has 90 valence electrons. The summed E-state index contributed by atoms with van der Waals surface area (Å²) in [6.45, 7) is 16.7. The molecule has 0 aromatic carbocycles. The van der Waals surface area contributed by atoms with Gasteiger partial charge in [0.1, 0.15) is 0 Å². The molecule has 0 amide bonds. The predicted molar refractivity (Wildman–Crippen MR) is 77.3 cm³/mol. The lowest BCUT2D eigenvalue weighted by Crippen LogP contribution is -2.08. The minimum atomic E-state index is 0.917. The molecule has 0 aromatic rings. The van der Waals surface area contributed by atoms with Crippen LogP contribution in [0.4, 0.5) is 0 Å². The molecule has 0 unspecified atom stereocenters. The van der Waals surface area contributed by atoms with Gasteiger partial charge in [-0.2, -0.15) is 0 Å². The van der Waals surface area contributed by atoms with Crippen LogP contribution in [0.25, 0.3) is 0 Å². The summed E-state index contributed by atoms with van der Waals surface area (Å²) in [5.41, 5.74) is 0. The lowest BCUT2D eigenvalue weighted by molar-refractivity contribution is 0.380. The summed E-state index contributed by atoms with van der Waals surface area (Å²) in [6.07, 6.45) is 14.1. The predicted octanol–water partition coefficient (Wildman–Crippen LogP) is 5.36. The van der Waals surface area contributed by atoms with Gasteiger partial charge >= 0.3 is 0 Å². The maximum Gasteiger partial charge on any atom is 0.0861 e. The van der Waals surface area contributed by atoms with Crippen LogP contribution in [-0.4, -0.2) is 0 Å². The SMILES string of the molecule is C=CC=C.C=C[CH+]C.C[C@H]1CC=CC[C@@H]1C. The van der Waals surface area contributed by atoms with E-state index in [0.29, 0.717) is 0 Å². The second kappa shape index (κ2) is 13.8. The molecule has 16 heavy (non-hydrogen) atoms. The van der Waals surface area contributed by atoms with Gasteiger partial charge in [-0.1, -0.05) is 51.3 Å². The quantitative estimate of drug-likeness (QED) is 0.333. The first kappa shape index (κ1) is 17.2. The Kier molecular flexibility index (Phi) is 14.9. The van der Waals surface area contributed by atoms with Crippen molar-refractivity contribution >= 4 is 0 Å². The molecule has 0 radical (unpaired) electrons. The number of allylic oxidation sites excluding steroid dienone is 5. The van der Waals surface area contributed by atoms with Gasteiger partial charge in [-0.15, -0.1) is 0 Å². The molecular formula is C16H27+. The van der Waals surface area contributed by atoms with Crippen molar-refractivity contribution in [3.8, 4) is 0 Å². The van der Waals surface area contributed by atoms with E-state index in [4.69, 9.17) is 0 Å². The fourth-order valence-electron chi connectivity index (χ4n) is 1.09. The second-order valence-corrected chi connectivity index (χ2v) is 3.94. The van der Waals surface area contributed by atoms with E-state index in [1.54, 1.807) is 18.2 Å². The fourth-order valence-corrected chi connectivity index (χ4v) is 1.09. The number of hydrogen-bond donors (Lipinski definition) is 0. The zero-order valence-electron chi connectivity index (χ0n) is 11.2. The number of hydrogen-bond acceptors (Lipinski definition) is 0. The molecule has 1 rings (SSSR count). The van der Waals surface area contributed by atoms with Gasteiger partial charge in [0.2, 0.25) is 0 Å². The first-order chi connectivity index (χ1) is 7.63. The van der Waals surface area contributed by atoms with Gasteiger partial charge in [-0.25, -0.2) is 0 Å². The van der Waals surface area contributed by atoms with Crippen molar-refractivity contribution in [1.82, 2.24) is 0 Å². The molecule has 0 aromatic heterocycles. The monoisotopic (exact) mass is 219 g/mol. The molecule has 0 spiro atoms. The van der Waals surface area contributed by atoms with Crippen molar-refractivity contribution < 1.29 is 0 Å². The molecule has 0 fully saturated rings. The minimum absolute atomic E-state index is 0.917. The van der Waals surface area contributed by atoms with E-state index in [9.17, 15) is 0 Å². The first-order valence-electron chi connectivity index (χ1n) is 5.92. The van der Waals surface area contributed by atoms with Gasteiger partial charge in [0.25, 0.3) is 0 Å². The highest BCUT2D eigenvalue weighted by molar-refractivity contribution is 4.91.